The smallest absolute Gasteiger partial charge is 0.227 e. The van der Waals surface area contributed by atoms with Crippen LogP contribution in [0.4, 0.5) is 4.39 Å². The Kier molecular flexibility index (Phi) is 4.38. The molecule has 2 aromatic rings. The third-order valence-corrected chi connectivity index (χ3v) is 4.32. The minimum atomic E-state index is -0.434. The third-order valence-electron chi connectivity index (χ3n) is 3.97. The first kappa shape index (κ1) is 15.0. The highest BCUT2D eigenvalue weighted by Crippen LogP contribution is 2.23. The average molecular weight is 323 g/mol. The van der Waals surface area contributed by atoms with E-state index in [1.54, 1.807) is 28.2 Å². The predicted molar refractivity (Wildman–Crippen MR) is 80.0 cm³/mol. The molecule has 0 radical (unpaired) electrons. The van der Waals surface area contributed by atoms with Crippen LogP contribution in [-0.4, -0.2) is 38.9 Å². The van der Waals surface area contributed by atoms with Gasteiger partial charge < -0.3 is 4.90 Å². The summed E-state index contributed by atoms with van der Waals surface area (Å²) >= 11 is 5.97. The van der Waals surface area contributed by atoms with Gasteiger partial charge in [-0.05, 0) is 25.0 Å². The highest BCUT2D eigenvalue weighted by atomic mass is 35.5. The first-order valence-electron chi connectivity index (χ1n) is 7.21. The van der Waals surface area contributed by atoms with Crippen molar-refractivity contribution >= 4 is 17.5 Å². The largest absolute Gasteiger partial charge is 0.342 e. The maximum absolute atomic E-state index is 13.8. The Morgan fingerprint density at radius 2 is 1.95 bits per heavy atom. The molecule has 0 N–H and O–H groups in total. The lowest BCUT2D eigenvalue weighted by Gasteiger charge is -2.31. The van der Waals surface area contributed by atoms with Crippen LogP contribution in [0.5, 0.6) is 0 Å². The van der Waals surface area contributed by atoms with E-state index in [1.165, 1.54) is 12.1 Å². The van der Waals surface area contributed by atoms with Gasteiger partial charge in [0.1, 0.15) is 5.82 Å². The molecule has 1 saturated heterocycles. The fourth-order valence-corrected chi connectivity index (χ4v) is 2.95. The van der Waals surface area contributed by atoms with Gasteiger partial charge in [-0.25, -0.2) is 4.39 Å². The van der Waals surface area contributed by atoms with Crippen LogP contribution in [-0.2, 0) is 11.2 Å². The SMILES string of the molecule is O=C(Cc1c(F)cccc1Cl)N1CCC(n2nccn2)CC1. The third kappa shape index (κ3) is 3.11. The Bertz CT molecular complexity index is 633. The van der Waals surface area contributed by atoms with Crippen molar-refractivity contribution in [3.05, 3.63) is 47.0 Å². The summed E-state index contributed by atoms with van der Waals surface area (Å²) in [6, 6.07) is 4.68. The van der Waals surface area contributed by atoms with Gasteiger partial charge in [-0.2, -0.15) is 15.0 Å². The topological polar surface area (TPSA) is 51.0 Å². The van der Waals surface area contributed by atoms with Crippen LogP contribution in [0.15, 0.2) is 30.6 Å². The second-order valence-corrected chi connectivity index (χ2v) is 5.75. The molecule has 5 nitrogen and oxygen atoms in total. The van der Waals surface area contributed by atoms with E-state index >= 15 is 0 Å². The number of nitrogens with zero attached hydrogens (tertiary/aromatic N) is 4. The number of amides is 1. The molecule has 1 aliphatic rings. The lowest BCUT2D eigenvalue weighted by Crippen LogP contribution is -2.40. The summed E-state index contributed by atoms with van der Waals surface area (Å²) in [6.45, 7) is 1.24. The van der Waals surface area contributed by atoms with Gasteiger partial charge in [0.25, 0.3) is 0 Å². The van der Waals surface area contributed by atoms with Gasteiger partial charge in [-0.1, -0.05) is 17.7 Å². The van der Waals surface area contributed by atoms with Crippen LogP contribution < -0.4 is 0 Å². The van der Waals surface area contributed by atoms with Crippen LogP contribution in [0.2, 0.25) is 5.02 Å². The molecular formula is C15H16ClFN4O. The molecule has 1 aromatic carbocycles. The first-order chi connectivity index (χ1) is 10.6. The highest BCUT2D eigenvalue weighted by molar-refractivity contribution is 6.31. The summed E-state index contributed by atoms with van der Waals surface area (Å²) in [5, 5.41) is 8.57. The fraction of sp³-hybridized carbons (Fsp3) is 0.400. The van der Waals surface area contributed by atoms with E-state index in [1.807, 2.05) is 0 Å². The van der Waals surface area contributed by atoms with Gasteiger partial charge >= 0.3 is 0 Å². The molecule has 2 heterocycles. The summed E-state index contributed by atoms with van der Waals surface area (Å²) in [5.74, 6) is -0.532. The molecule has 3 rings (SSSR count). The molecule has 0 saturated carbocycles. The number of halogens is 2. The van der Waals surface area contributed by atoms with Crippen molar-refractivity contribution in [1.82, 2.24) is 19.9 Å². The molecule has 7 heteroatoms. The van der Waals surface area contributed by atoms with Crippen LogP contribution in [0, 0.1) is 5.82 Å². The normalized spacial score (nSPS) is 16.0. The Morgan fingerprint density at radius 1 is 1.27 bits per heavy atom. The fourth-order valence-electron chi connectivity index (χ4n) is 2.73. The summed E-state index contributed by atoms with van der Waals surface area (Å²) < 4.78 is 13.8. The first-order valence-corrected chi connectivity index (χ1v) is 7.59. The van der Waals surface area contributed by atoms with Gasteiger partial charge in [0, 0.05) is 23.7 Å². The van der Waals surface area contributed by atoms with E-state index in [2.05, 4.69) is 10.2 Å². The Hall–Kier alpha value is -1.95. The average Bonchev–Trinajstić information content (AvgIpc) is 3.05. The number of hydrogen-bond donors (Lipinski definition) is 0. The molecule has 0 atom stereocenters. The van der Waals surface area contributed by atoms with Crippen molar-refractivity contribution in [3.8, 4) is 0 Å². The molecule has 0 spiro atoms. The van der Waals surface area contributed by atoms with Crippen molar-refractivity contribution in [1.29, 1.82) is 0 Å². The van der Waals surface area contributed by atoms with Crippen molar-refractivity contribution in [2.75, 3.05) is 13.1 Å². The Labute approximate surface area is 132 Å². The minimum Gasteiger partial charge on any atom is -0.342 e. The van der Waals surface area contributed by atoms with Gasteiger partial charge in [0.05, 0.1) is 24.9 Å². The molecule has 0 aliphatic carbocycles. The van der Waals surface area contributed by atoms with Gasteiger partial charge in [-0.15, -0.1) is 0 Å². The highest BCUT2D eigenvalue weighted by Gasteiger charge is 2.25. The van der Waals surface area contributed by atoms with E-state index < -0.39 is 5.82 Å². The van der Waals surface area contributed by atoms with Crippen LogP contribution in [0.25, 0.3) is 0 Å². The molecule has 0 bridgehead atoms. The van der Waals surface area contributed by atoms with E-state index in [0.717, 1.165) is 12.8 Å². The van der Waals surface area contributed by atoms with E-state index in [0.29, 0.717) is 18.1 Å². The maximum atomic E-state index is 13.8. The molecule has 1 amide bonds. The Morgan fingerprint density at radius 3 is 2.59 bits per heavy atom. The zero-order valence-corrected chi connectivity index (χ0v) is 12.7. The van der Waals surface area contributed by atoms with Crippen LogP contribution in [0.1, 0.15) is 24.4 Å². The monoisotopic (exact) mass is 322 g/mol. The summed E-state index contributed by atoms with van der Waals surface area (Å²) in [7, 11) is 0. The number of carbonyl (C=O) groups excluding carboxylic acids is 1. The standard InChI is InChI=1S/C15H16ClFN4O/c16-13-2-1-3-14(17)12(13)10-15(22)20-8-4-11(5-9-20)21-18-6-7-19-21/h1-3,6-7,11H,4-5,8-10H2. The van der Waals surface area contributed by atoms with Crippen molar-refractivity contribution < 1.29 is 9.18 Å². The number of carbonyl (C=O) groups is 1. The number of hydrogen-bond acceptors (Lipinski definition) is 3. The van der Waals surface area contributed by atoms with Gasteiger partial charge in [0.15, 0.2) is 0 Å². The second-order valence-electron chi connectivity index (χ2n) is 5.34. The lowest BCUT2D eigenvalue weighted by molar-refractivity contribution is -0.131. The lowest BCUT2D eigenvalue weighted by atomic mass is 10.0. The number of rotatable bonds is 3. The van der Waals surface area contributed by atoms with Crippen molar-refractivity contribution in [2.24, 2.45) is 0 Å². The molecule has 1 fully saturated rings. The van der Waals surface area contributed by atoms with Crippen molar-refractivity contribution in [2.45, 2.75) is 25.3 Å². The molecular weight excluding hydrogens is 307 g/mol. The molecule has 22 heavy (non-hydrogen) atoms. The Balaban J connectivity index is 1.60. The maximum Gasteiger partial charge on any atom is 0.227 e. The van der Waals surface area contributed by atoms with Crippen molar-refractivity contribution in [3.63, 3.8) is 0 Å². The predicted octanol–water partition coefficient (Wildman–Crippen LogP) is 2.48. The zero-order chi connectivity index (χ0) is 15.5. The van der Waals surface area contributed by atoms with E-state index in [4.69, 9.17) is 11.6 Å². The summed E-state index contributed by atoms with van der Waals surface area (Å²) in [5.41, 5.74) is 0.269. The molecule has 1 aromatic heterocycles. The van der Waals surface area contributed by atoms with Crippen LogP contribution in [0.3, 0.4) is 0 Å². The number of aromatic nitrogens is 3. The minimum absolute atomic E-state index is 0.00378. The number of likely N-dealkylation sites (tertiary alicyclic amines) is 1. The van der Waals surface area contributed by atoms with Gasteiger partial charge in [-0.3, -0.25) is 4.79 Å². The summed E-state index contributed by atoms with van der Waals surface area (Å²) in [4.78, 5) is 15.8. The molecule has 116 valence electrons. The van der Waals surface area contributed by atoms with E-state index in [-0.39, 0.29) is 23.9 Å². The number of piperidine rings is 1. The molecule has 1 aliphatic heterocycles. The van der Waals surface area contributed by atoms with E-state index in [9.17, 15) is 9.18 Å². The molecule has 0 unspecified atom stereocenters. The summed E-state index contributed by atoms with van der Waals surface area (Å²) in [6.07, 6.45) is 4.89. The second kappa shape index (κ2) is 6.44. The van der Waals surface area contributed by atoms with Gasteiger partial charge in [0.2, 0.25) is 5.91 Å². The van der Waals surface area contributed by atoms with Crippen LogP contribution >= 0.6 is 11.6 Å². The quantitative estimate of drug-likeness (QED) is 0.872. The zero-order valence-electron chi connectivity index (χ0n) is 12.0. The number of benzene rings is 1.